The van der Waals surface area contributed by atoms with Crippen LogP contribution in [0, 0.1) is 0 Å². The first-order valence-electron chi connectivity index (χ1n) is 9.82. The molecule has 0 unspecified atom stereocenters. The number of benzene rings is 2. The van der Waals surface area contributed by atoms with E-state index in [9.17, 15) is 4.79 Å². The number of methoxy groups -OCH3 is 4. The number of nitrogens with zero attached hydrogens (tertiary/aromatic N) is 1. The fourth-order valence-corrected chi connectivity index (χ4v) is 4.08. The maximum absolute atomic E-state index is 13.3. The fourth-order valence-electron chi connectivity index (χ4n) is 4.08. The summed E-state index contributed by atoms with van der Waals surface area (Å²) in [6.45, 7) is 0.718. The standard InChI is InChI=1S/C24H25NO5/c1-27-20-9-7-15(12-22(20)29-3)17-14-18(24(26)25-11-5-6-19(17)25)16-8-10-21(28-2)23(13-16)30-4/h7-10,12-14H,5-6,11H2,1-4H3. The van der Waals surface area contributed by atoms with Gasteiger partial charge in [0.1, 0.15) is 0 Å². The van der Waals surface area contributed by atoms with E-state index in [-0.39, 0.29) is 5.56 Å². The van der Waals surface area contributed by atoms with Crippen LogP contribution < -0.4 is 24.5 Å². The Labute approximate surface area is 175 Å². The highest BCUT2D eigenvalue weighted by molar-refractivity contribution is 5.77. The van der Waals surface area contributed by atoms with Crippen LogP contribution in [0.1, 0.15) is 12.1 Å². The predicted molar refractivity (Wildman–Crippen MR) is 116 cm³/mol. The zero-order valence-electron chi connectivity index (χ0n) is 17.7. The number of aromatic nitrogens is 1. The Kier molecular flexibility index (Phi) is 5.40. The molecule has 6 heteroatoms. The van der Waals surface area contributed by atoms with Crippen LogP contribution in [-0.4, -0.2) is 33.0 Å². The quantitative estimate of drug-likeness (QED) is 0.614. The van der Waals surface area contributed by atoms with Crippen molar-refractivity contribution in [2.24, 2.45) is 0 Å². The number of pyridine rings is 1. The van der Waals surface area contributed by atoms with Crippen molar-refractivity contribution in [3.05, 3.63) is 58.5 Å². The van der Waals surface area contributed by atoms with Gasteiger partial charge in [-0.3, -0.25) is 4.79 Å². The van der Waals surface area contributed by atoms with Gasteiger partial charge in [0.2, 0.25) is 0 Å². The molecule has 0 bridgehead atoms. The lowest BCUT2D eigenvalue weighted by atomic mass is 9.97. The summed E-state index contributed by atoms with van der Waals surface area (Å²) in [6, 6.07) is 13.4. The Morgan fingerprint density at radius 1 is 0.700 bits per heavy atom. The lowest BCUT2D eigenvalue weighted by molar-refractivity contribution is 0.355. The van der Waals surface area contributed by atoms with E-state index in [1.165, 1.54) is 0 Å². The molecular formula is C24H25NO5. The molecule has 0 saturated heterocycles. The predicted octanol–water partition coefficient (Wildman–Crippen LogP) is 4.16. The van der Waals surface area contributed by atoms with E-state index in [4.69, 9.17) is 18.9 Å². The normalized spacial score (nSPS) is 12.4. The number of rotatable bonds is 6. The number of hydrogen-bond donors (Lipinski definition) is 0. The first-order chi connectivity index (χ1) is 14.6. The monoisotopic (exact) mass is 407 g/mol. The van der Waals surface area contributed by atoms with Crippen LogP contribution in [0.3, 0.4) is 0 Å². The molecule has 0 spiro atoms. The summed E-state index contributed by atoms with van der Waals surface area (Å²) < 4.78 is 23.5. The zero-order chi connectivity index (χ0) is 21.3. The maximum atomic E-state index is 13.3. The lowest BCUT2D eigenvalue weighted by Crippen LogP contribution is -2.21. The molecule has 2 aromatic carbocycles. The van der Waals surface area contributed by atoms with Gasteiger partial charge in [-0.15, -0.1) is 0 Å². The second kappa shape index (κ2) is 8.14. The van der Waals surface area contributed by atoms with Gasteiger partial charge in [-0.2, -0.15) is 0 Å². The van der Waals surface area contributed by atoms with Crippen molar-refractivity contribution in [2.45, 2.75) is 19.4 Å². The summed E-state index contributed by atoms with van der Waals surface area (Å²) in [5, 5.41) is 0. The zero-order valence-corrected chi connectivity index (χ0v) is 17.7. The van der Waals surface area contributed by atoms with Crippen molar-refractivity contribution in [3.8, 4) is 45.3 Å². The Morgan fingerprint density at radius 2 is 1.23 bits per heavy atom. The summed E-state index contributed by atoms with van der Waals surface area (Å²) in [7, 11) is 6.42. The van der Waals surface area contributed by atoms with Crippen LogP contribution in [0.5, 0.6) is 23.0 Å². The molecule has 30 heavy (non-hydrogen) atoms. The summed E-state index contributed by atoms with van der Waals surface area (Å²) >= 11 is 0. The molecule has 3 aromatic rings. The molecule has 2 heterocycles. The van der Waals surface area contributed by atoms with Crippen LogP contribution in [0.25, 0.3) is 22.3 Å². The van der Waals surface area contributed by atoms with Gasteiger partial charge in [-0.05, 0) is 54.3 Å². The molecular weight excluding hydrogens is 382 g/mol. The van der Waals surface area contributed by atoms with Crippen molar-refractivity contribution in [1.29, 1.82) is 0 Å². The maximum Gasteiger partial charge on any atom is 0.258 e. The number of hydrogen-bond acceptors (Lipinski definition) is 5. The molecule has 1 aromatic heterocycles. The summed E-state index contributed by atoms with van der Waals surface area (Å²) in [6.07, 6.45) is 1.82. The van der Waals surface area contributed by atoms with E-state index >= 15 is 0 Å². The lowest BCUT2D eigenvalue weighted by Gasteiger charge is -2.16. The van der Waals surface area contributed by atoms with Crippen LogP contribution >= 0.6 is 0 Å². The molecule has 0 radical (unpaired) electrons. The van der Waals surface area contributed by atoms with E-state index < -0.39 is 0 Å². The molecule has 1 aliphatic rings. The second-order valence-corrected chi connectivity index (χ2v) is 7.12. The van der Waals surface area contributed by atoms with Gasteiger partial charge in [-0.1, -0.05) is 12.1 Å². The SMILES string of the molecule is COc1ccc(-c2cc(-c3ccc(OC)c(OC)c3)c(=O)n3c2CCC3)cc1OC. The van der Waals surface area contributed by atoms with Gasteiger partial charge in [-0.25, -0.2) is 0 Å². The van der Waals surface area contributed by atoms with Crippen LogP contribution in [0.15, 0.2) is 47.3 Å². The Balaban J connectivity index is 1.93. The highest BCUT2D eigenvalue weighted by Crippen LogP contribution is 2.37. The molecule has 156 valence electrons. The molecule has 0 fully saturated rings. The van der Waals surface area contributed by atoms with Gasteiger partial charge in [0.25, 0.3) is 5.56 Å². The highest BCUT2D eigenvalue weighted by atomic mass is 16.5. The van der Waals surface area contributed by atoms with E-state index in [1.54, 1.807) is 28.4 Å². The van der Waals surface area contributed by atoms with Gasteiger partial charge < -0.3 is 23.5 Å². The molecule has 0 N–H and O–H groups in total. The van der Waals surface area contributed by atoms with Crippen molar-refractivity contribution in [1.82, 2.24) is 4.57 Å². The average Bonchev–Trinajstić information content (AvgIpc) is 3.29. The van der Waals surface area contributed by atoms with Crippen molar-refractivity contribution < 1.29 is 18.9 Å². The second-order valence-electron chi connectivity index (χ2n) is 7.12. The summed E-state index contributed by atoms with van der Waals surface area (Å²) in [5.41, 5.74) is 4.50. The average molecular weight is 407 g/mol. The third-order valence-corrected chi connectivity index (χ3v) is 5.59. The van der Waals surface area contributed by atoms with Crippen LogP contribution in [0.2, 0.25) is 0 Å². The molecule has 6 nitrogen and oxygen atoms in total. The van der Waals surface area contributed by atoms with Gasteiger partial charge in [0, 0.05) is 23.4 Å². The summed E-state index contributed by atoms with van der Waals surface area (Å²) in [4.78, 5) is 13.3. The van der Waals surface area contributed by atoms with Crippen molar-refractivity contribution >= 4 is 0 Å². The fraction of sp³-hybridized carbons (Fsp3) is 0.292. The van der Waals surface area contributed by atoms with Gasteiger partial charge >= 0.3 is 0 Å². The first kappa shape index (κ1) is 19.9. The van der Waals surface area contributed by atoms with Gasteiger partial charge in [0.05, 0.1) is 28.4 Å². The van der Waals surface area contributed by atoms with E-state index in [1.807, 2.05) is 47.0 Å². The highest BCUT2D eigenvalue weighted by Gasteiger charge is 2.22. The molecule has 1 aliphatic heterocycles. The van der Waals surface area contributed by atoms with Gasteiger partial charge in [0.15, 0.2) is 23.0 Å². The first-order valence-corrected chi connectivity index (χ1v) is 9.82. The minimum atomic E-state index is 0.0129. The third-order valence-electron chi connectivity index (χ3n) is 5.59. The molecule has 4 rings (SSSR count). The van der Waals surface area contributed by atoms with Crippen LogP contribution in [-0.2, 0) is 13.0 Å². The molecule has 0 amide bonds. The Bertz CT molecular complexity index is 1150. The third kappa shape index (κ3) is 3.28. The summed E-state index contributed by atoms with van der Waals surface area (Å²) in [5.74, 6) is 2.55. The number of ether oxygens (including phenoxy) is 4. The molecule has 0 aliphatic carbocycles. The van der Waals surface area contributed by atoms with Crippen molar-refractivity contribution in [2.75, 3.05) is 28.4 Å². The van der Waals surface area contributed by atoms with Crippen molar-refractivity contribution in [3.63, 3.8) is 0 Å². The Morgan fingerprint density at radius 3 is 1.77 bits per heavy atom. The van der Waals surface area contributed by atoms with E-state index in [0.29, 0.717) is 28.6 Å². The largest absolute Gasteiger partial charge is 0.493 e. The van der Waals surface area contributed by atoms with E-state index in [0.717, 1.165) is 41.8 Å². The minimum absolute atomic E-state index is 0.0129. The Hall–Kier alpha value is -3.41. The smallest absolute Gasteiger partial charge is 0.258 e. The molecule has 0 atom stereocenters. The van der Waals surface area contributed by atoms with Crippen LogP contribution in [0.4, 0.5) is 0 Å². The number of fused-ring (bicyclic) bond motifs is 1. The van der Waals surface area contributed by atoms with E-state index in [2.05, 4.69) is 0 Å². The minimum Gasteiger partial charge on any atom is -0.493 e. The topological polar surface area (TPSA) is 58.9 Å². The molecule has 0 saturated carbocycles.